The maximum Gasteiger partial charge on any atom is 0.123 e. The molecule has 0 fully saturated rings. The predicted octanol–water partition coefficient (Wildman–Crippen LogP) is 2.82. The highest BCUT2D eigenvalue weighted by molar-refractivity contribution is 5.38. The molecule has 0 aliphatic carbocycles. The number of aliphatic hydroxyl groups is 1. The molecule has 0 spiro atoms. The van der Waals surface area contributed by atoms with Crippen LogP contribution in [0.3, 0.4) is 0 Å². The van der Waals surface area contributed by atoms with Gasteiger partial charge in [0.1, 0.15) is 5.75 Å². The van der Waals surface area contributed by atoms with Crippen molar-refractivity contribution in [1.82, 2.24) is 5.32 Å². The Balaban J connectivity index is 2.48. The minimum Gasteiger partial charge on any atom is -0.496 e. The smallest absolute Gasteiger partial charge is 0.123 e. The summed E-state index contributed by atoms with van der Waals surface area (Å²) in [5.74, 6) is 0.949. The molecule has 0 heterocycles. The summed E-state index contributed by atoms with van der Waals surface area (Å²) in [5.41, 5.74) is 2.41. The third kappa shape index (κ3) is 4.67. The van der Waals surface area contributed by atoms with Crippen LogP contribution in [0.1, 0.15) is 43.4 Å². The van der Waals surface area contributed by atoms with Crippen LogP contribution in [0.15, 0.2) is 18.2 Å². The molecule has 0 saturated carbocycles. The molecule has 1 rings (SSSR count). The van der Waals surface area contributed by atoms with Crippen molar-refractivity contribution < 1.29 is 9.84 Å². The van der Waals surface area contributed by atoms with Gasteiger partial charge in [0.2, 0.25) is 0 Å². The van der Waals surface area contributed by atoms with E-state index in [1.165, 1.54) is 11.1 Å². The van der Waals surface area contributed by atoms with E-state index < -0.39 is 0 Å². The lowest BCUT2D eigenvalue weighted by Gasteiger charge is -2.17. The fraction of sp³-hybridized carbons (Fsp3) is 0.600. The molecule has 2 N–H and O–H groups in total. The molecular weight excluding hydrogens is 226 g/mol. The first kappa shape index (κ1) is 15.0. The zero-order chi connectivity index (χ0) is 13.4. The second-order valence-electron chi connectivity index (χ2n) is 4.71. The SMILES string of the molecule is COc1cc(C)ccc1C(C)NCCCCCO. The van der Waals surface area contributed by atoms with Gasteiger partial charge in [0.25, 0.3) is 0 Å². The summed E-state index contributed by atoms with van der Waals surface area (Å²) in [7, 11) is 1.71. The first-order chi connectivity index (χ1) is 8.69. The first-order valence-electron chi connectivity index (χ1n) is 6.67. The average molecular weight is 251 g/mol. The molecule has 102 valence electrons. The second-order valence-corrected chi connectivity index (χ2v) is 4.71. The molecule has 3 heteroatoms. The summed E-state index contributed by atoms with van der Waals surface area (Å²) >= 11 is 0. The van der Waals surface area contributed by atoms with Gasteiger partial charge in [0.05, 0.1) is 7.11 Å². The topological polar surface area (TPSA) is 41.5 Å². The van der Waals surface area contributed by atoms with Gasteiger partial charge >= 0.3 is 0 Å². The molecule has 18 heavy (non-hydrogen) atoms. The van der Waals surface area contributed by atoms with E-state index in [2.05, 4.69) is 37.4 Å². The number of hydrogen-bond donors (Lipinski definition) is 2. The minimum atomic E-state index is 0.287. The van der Waals surface area contributed by atoms with Crippen molar-refractivity contribution in [1.29, 1.82) is 0 Å². The first-order valence-corrected chi connectivity index (χ1v) is 6.67. The van der Waals surface area contributed by atoms with Crippen molar-refractivity contribution in [3.63, 3.8) is 0 Å². The zero-order valence-electron chi connectivity index (χ0n) is 11.7. The van der Waals surface area contributed by atoms with Gasteiger partial charge in [-0.05, 0) is 51.3 Å². The minimum absolute atomic E-state index is 0.287. The number of methoxy groups -OCH3 is 1. The molecule has 1 aromatic carbocycles. The Morgan fingerprint density at radius 3 is 2.72 bits per heavy atom. The fourth-order valence-corrected chi connectivity index (χ4v) is 2.02. The number of aliphatic hydroxyl groups excluding tert-OH is 1. The molecule has 3 nitrogen and oxygen atoms in total. The van der Waals surface area contributed by atoms with Crippen LogP contribution in [0.4, 0.5) is 0 Å². The number of unbranched alkanes of at least 4 members (excludes halogenated alkanes) is 2. The van der Waals surface area contributed by atoms with Crippen LogP contribution < -0.4 is 10.1 Å². The highest BCUT2D eigenvalue weighted by Gasteiger charge is 2.10. The van der Waals surface area contributed by atoms with Gasteiger partial charge in [-0.25, -0.2) is 0 Å². The van der Waals surface area contributed by atoms with Crippen molar-refractivity contribution in [2.45, 2.75) is 39.2 Å². The lowest BCUT2D eigenvalue weighted by atomic mass is 10.0. The van der Waals surface area contributed by atoms with Gasteiger partial charge in [-0.2, -0.15) is 0 Å². The lowest BCUT2D eigenvalue weighted by molar-refractivity contribution is 0.282. The number of benzene rings is 1. The van der Waals surface area contributed by atoms with Crippen molar-refractivity contribution in [3.05, 3.63) is 29.3 Å². The normalized spacial score (nSPS) is 12.4. The molecule has 0 amide bonds. The Kier molecular flexibility index (Phi) is 6.76. The van der Waals surface area contributed by atoms with Crippen molar-refractivity contribution in [3.8, 4) is 5.75 Å². The molecule has 1 unspecified atom stereocenters. The van der Waals surface area contributed by atoms with E-state index >= 15 is 0 Å². The molecule has 1 atom stereocenters. The van der Waals surface area contributed by atoms with Crippen LogP contribution in [0, 0.1) is 6.92 Å². The van der Waals surface area contributed by atoms with E-state index in [1.807, 2.05) is 0 Å². The Morgan fingerprint density at radius 1 is 1.28 bits per heavy atom. The lowest BCUT2D eigenvalue weighted by Crippen LogP contribution is -2.20. The van der Waals surface area contributed by atoms with E-state index in [0.29, 0.717) is 6.61 Å². The number of nitrogens with one attached hydrogen (secondary N) is 1. The second kappa shape index (κ2) is 8.11. The van der Waals surface area contributed by atoms with Gasteiger partial charge in [0.15, 0.2) is 0 Å². The van der Waals surface area contributed by atoms with Gasteiger partial charge in [-0.3, -0.25) is 0 Å². The summed E-state index contributed by atoms with van der Waals surface area (Å²) < 4.78 is 5.42. The zero-order valence-corrected chi connectivity index (χ0v) is 11.7. The number of rotatable bonds is 8. The Labute approximate surface area is 110 Å². The van der Waals surface area contributed by atoms with Crippen LogP contribution in [0.2, 0.25) is 0 Å². The number of hydrogen-bond acceptors (Lipinski definition) is 3. The van der Waals surface area contributed by atoms with Gasteiger partial charge in [0, 0.05) is 18.2 Å². The van der Waals surface area contributed by atoms with Crippen molar-refractivity contribution in [2.24, 2.45) is 0 Å². The Bertz CT molecular complexity index is 352. The predicted molar refractivity (Wildman–Crippen MR) is 75.1 cm³/mol. The monoisotopic (exact) mass is 251 g/mol. The van der Waals surface area contributed by atoms with Crippen molar-refractivity contribution >= 4 is 0 Å². The van der Waals surface area contributed by atoms with Crippen LogP contribution in [0.25, 0.3) is 0 Å². The summed E-state index contributed by atoms with van der Waals surface area (Å²) in [6.45, 7) is 5.48. The van der Waals surface area contributed by atoms with Crippen LogP contribution >= 0.6 is 0 Å². The van der Waals surface area contributed by atoms with Crippen LogP contribution in [0.5, 0.6) is 5.75 Å². The standard InChI is InChI=1S/C15H25NO2/c1-12-7-8-14(15(11-12)18-3)13(2)16-9-5-4-6-10-17/h7-8,11,13,16-17H,4-6,9-10H2,1-3H3. The van der Waals surface area contributed by atoms with E-state index in [9.17, 15) is 0 Å². The third-order valence-electron chi connectivity index (χ3n) is 3.14. The average Bonchev–Trinajstić information content (AvgIpc) is 2.38. The summed E-state index contributed by atoms with van der Waals surface area (Å²) in [6.07, 6.45) is 3.06. The summed E-state index contributed by atoms with van der Waals surface area (Å²) in [6, 6.07) is 6.59. The molecule has 0 saturated heterocycles. The van der Waals surface area contributed by atoms with E-state index in [0.717, 1.165) is 31.6 Å². The van der Waals surface area contributed by atoms with E-state index in [-0.39, 0.29) is 6.04 Å². The highest BCUT2D eigenvalue weighted by atomic mass is 16.5. The number of aryl methyl sites for hydroxylation is 1. The third-order valence-corrected chi connectivity index (χ3v) is 3.14. The molecule has 0 bridgehead atoms. The molecule has 0 radical (unpaired) electrons. The molecule has 1 aromatic rings. The summed E-state index contributed by atoms with van der Waals surface area (Å²) in [5, 5.41) is 12.2. The fourth-order valence-electron chi connectivity index (χ4n) is 2.02. The van der Waals surface area contributed by atoms with Crippen LogP contribution in [-0.4, -0.2) is 25.4 Å². The maximum absolute atomic E-state index is 8.71. The summed E-state index contributed by atoms with van der Waals surface area (Å²) in [4.78, 5) is 0. The van der Waals surface area contributed by atoms with E-state index in [1.54, 1.807) is 7.11 Å². The Morgan fingerprint density at radius 2 is 2.06 bits per heavy atom. The maximum atomic E-state index is 8.71. The van der Waals surface area contributed by atoms with Gasteiger partial charge < -0.3 is 15.2 Å². The quantitative estimate of drug-likeness (QED) is 0.698. The highest BCUT2D eigenvalue weighted by Crippen LogP contribution is 2.25. The van der Waals surface area contributed by atoms with Gasteiger partial charge in [-0.1, -0.05) is 12.1 Å². The van der Waals surface area contributed by atoms with Gasteiger partial charge in [-0.15, -0.1) is 0 Å². The number of ether oxygens (including phenoxy) is 1. The largest absolute Gasteiger partial charge is 0.496 e. The molecule has 0 aromatic heterocycles. The molecule has 0 aliphatic heterocycles. The molecular formula is C15H25NO2. The van der Waals surface area contributed by atoms with E-state index in [4.69, 9.17) is 9.84 Å². The molecule has 0 aliphatic rings. The van der Waals surface area contributed by atoms with Crippen molar-refractivity contribution in [2.75, 3.05) is 20.3 Å². The van der Waals surface area contributed by atoms with Crippen LogP contribution in [-0.2, 0) is 0 Å². The Hall–Kier alpha value is -1.06.